The molecule has 1 atom stereocenters. The van der Waals surface area contributed by atoms with Gasteiger partial charge in [-0.05, 0) is 53.4 Å². The number of anilines is 3. The Kier molecular flexibility index (Phi) is 7.32. The van der Waals surface area contributed by atoms with Gasteiger partial charge in [-0.2, -0.15) is 0 Å². The standard InChI is InChI=1S/C26H22N4O3S/c31-24(22-12-7-17-34-22)30-23(18-8-3-1-4-9-18)25(32)27-20-13-15-21(16-14-20)29-26(33)28-19-10-5-2-6-11-19/h1-17,23H,(H,27,32)(H,30,31)(H2,28,29,33). The number of hydrogen-bond donors (Lipinski definition) is 4. The van der Waals surface area contributed by atoms with E-state index in [1.165, 1.54) is 11.3 Å². The average Bonchev–Trinajstić information content (AvgIpc) is 3.40. The molecule has 0 fully saturated rings. The Morgan fingerprint density at radius 3 is 1.76 bits per heavy atom. The van der Waals surface area contributed by atoms with Crippen LogP contribution in [-0.2, 0) is 4.79 Å². The molecule has 0 spiro atoms. The van der Waals surface area contributed by atoms with Crippen LogP contribution in [0.4, 0.5) is 21.9 Å². The lowest BCUT2D eigenvalue weighted by Gasteiger charge is -2.19. The molecule has 0 bridgehead atoms. The first-order valence-electron chi connectivity index (χ1n) is 10.5. The van der Waals surface area contributed by atoms with Crippen LogP contribution in [0, 0.1) is 0 Å². The van der Waals surface area contributed by atoms with Gasteiger partial charge in [-0.1, -0.05) is 54.6 Å². The second-order valence-corrected chi connectivity index (χ2v) is 8.25. The number of para-hydroxylation sites is 1. The van der Waals surface area contributed by atoms with Crippen LogP contribution in [0.5, 0.6) is 0 Å². The van der Waals surface area contributed by atoms with Gasteiger partial charge in [0.25, 0.3) is 11.8 Å². The van der Waals surface area contributed by atoms with Gasteiger partial charge in [0.2, 0.25) is 0 Å². The van der Waals surface area contributed by atoms with Gasteiger partial charge in [0, 0.05) is 17.1 Å². The molecule has 4 aromatic rings. The molecule has 34 heavy (non-hydrogen) atoms. The fraction of sp³-hybridized carbons (Fsp3) is 0.0385. The maximum atomic E-state index is 13.1. The Morgan fingerprint density at radius 1 is 0.618 bits per heavy atom. The highest BCUT2D eigenvalue weighted by molar-refractivity contribution is 7.12. The number of rotatable bonds is 7. The number of carbonyl (C=O) groups is 3. The van der Waals surface area contributed by atoms with Gasteiger partial charge in [0.1, 0.15) is 6.04 Å². The van der Waals surface area contributed by atoms with E-state index in [1.54, 1.807) is 60.7 Å². The highest BCUT2D eigenvalue weighted by atomic mass is 32.1. The summed E-state index contributed by atoms with van der Waals surface area (Å²) in [5.74, 6) is -0.693. The Hall–Kier alpha value is -4.43. The van der Waals surface area contributed by atoms with Crippen molar-refractivity contribution in [3.8, 4) is 0 Å². The van der Waals surface area contributed by atoms with E-state index in [0.29, 0.717) is 27.5 Å². The Bertz CT molecular complexity index is 1240. The van der Waals surface area contributed by atoms with E-state index in [1.807, 2.05) is 41.8 Å². The van der Waals surface area contributed by atoms with Crippen molar-refractivity contribution >= 4 is 46.2 Å². The minimum absolute atomic E-state index is 0.317. The number of hydrogen-bond acceptors (Lipinski definition) is 4. The summed E-state index contributed by atoms with van der Waals surface area (Å²) >= 11 is 1.31. The monoisotopic (exact) mass is 470 g/mol. The van der Waals surface area contributed by atoms with Gasteiger partial charge in [0.05, 0.1) is 4.88 Å². The predicted octanol–water partition coefficient (Wildman–Crippen LogP) is 5.50. The molecule has 170 valence electrons. The van der Waals surface area contributed by atoms with Crippen LogP contribution < -0.4 is 21.3 Å². The van der Waals surface area contributed by atoms with Gasteiger partial charge in [-0.15, -0.1) is 11.3 Å². The molecule has 7 nitrogen and oxygen atoms in total. The van der Waals surface area contributed by atoms with Crippen molar-refractivity contribution in [3.63, 3.8) is 0 Å². The third kappa shape index (κ3) is 6.08. The van der Waals surface area contributed by atoms with Crippen molar-refractivity contribution in [1.29, 1.82) is 0 Å². The van der Waals surface area contributed by atoms with Gasteiger partial charge in [-0.25, -0.2) is 4.79 Å². The van der Waals surface area contributed by atoms with E-state index >= 15 is 0 Å². The zero-order chi connectivity index (χ0) is 23.8. The topological polar surface area (TPSA) is 99.3 Å². The van der Waals surface area contributed by atoms with Crippen LogP contribution in [0.2, 0.25) is 0 Å². The third-order valence-electron chi connectivity index (χ3n) is 4.86. The summed E-state index contributed by atoms with van der Waals surface area (Å²) in [6.45, 7) is 0. The number of carbonyl (C=O) groups excluding carboxylic acids is 3. The van der Waals surface area contributed by atoms with Crippen LogP contribution in [0.3, 0.4) is 0 Å². The van der Waals surface area contributed by atoms with Crippen LogP contribution in [-0.4, -0.2) is 17.8 Å². The van der Waals surface area contributed by atoms with E-state index in [0.717, 1.165) is 0 Å². The van der Waals surface area contributed by atoms with Gasteiger partial charge >= 0.3 is 6.03 Å². The number of amides is 4. The Balaban J connectivity index is 1.41. The second kappa shape index (κ2) is 10.9. The predicted molar refractivity (Wildman–Crippen MR) is 135 cm³/mol. The summed E-state index contributed by atoms with van der Waals surface area (Å²) in [6, 6.07) is 27.1. The van der Waals surface area contributed by atoms with Crippen LogP contribution >= 0.6 is 11.3 Å². The molecule has 0 aliphatic heterocycles. The smallest absolute Gasteiger partial charge is 0.323 e. The minimum atomic E-state index is -0.870. The minimum Gasteiger partial charge on any atom is -0.336 e. The molecule has 4 rings (SSSR count). The molecule has 1 unspecified atom stereocenters. The van der Waals surface area contributed by atoms with Crippen LogP contribution in [0.25, 0.3) is 0 Å². The quantitative estimate of drug-likeness (QED) is 0.287. The molecule has 0 aliphatic carbocycles. The number of nitrogens with one attached hydrogen (secondary N) is 4. The van der Waals surface area contributed by atoms with Gasteiger partial charge in [0.15, 0.2) is 0 Å². The summed E-state index contributed by atoms with van der Waals surface area (Å²) < 4.78 is 0. The highest BCUT2D eigenvalue weighted by Crippen LogP contribution is 2.20. The lowest BCUT2D eigenvalue weighted by Crippen LogP contribution is -2.36. The molecule has 0 saturated heterocycles. The van der Waals surface area contributed by atoms with E-state index in [4.69, 9.17) is 0 Å². The zero-order valence-electron chi connectivity index (χ0n) is 18.0. The molecule has 0 radical (unpaired) electrons. The molecule has 0 saturated carbocycles. The molecule has 1 heterocycles. The molecule has 4 N–H and O–H groups in total. The van der Waals surface area contributed by atoms with E-state index in [9.17, 15) is 14.4 Å². The molecular formula is C26H22N4O3S. The normalized spacial score (nSPS) is 11.2. The van der Waals surface area contributed by atoms with Crippen LogP contribution in [0.1, 0.15) is 21.3 Å². The second-order valence-electron chi connectivity index (χ2n) is 7.31. The molecule has 3 aromatic carbocycles. The molecule has 4 amide bonds. The SMILES string of the molecule is O=C(Nc1ccccc1)Nc1ccc(NC(=O)C(NC(=O)c2cccs2)c2ccccc2)cc1. The van der Waals surface area contributed by atoms with E-state index in [2.05, 4.69) is 21.3 Å². The first kappa shape index (κ1) is 22.8. The van der Waals surface area contributed by atoms with Crippen molar-refractivity contribution < 1.29 is 14.4 Å². The molecule has 8 heteroatoms. The number of urea groups is 1. The Labute approximate surface area is 200 Å². The summed E-state index contributed by atoms with van der Waals surface area (Å²) in [5.41, 5.74) is 2.45. The summed E-state index contributed by atoms with van der Waals surface area (Å²) in [7, 11) is 0. The lowest BCUT2D eigenvalue weighted by molar-refractivity contribution is -0.118. The first-order chi connectivity index (χ1) is 16.6. The summed E-state index contributed by atoms with van der Waals surface area (Å²) in [6.07, 6.45) is 0. The zero-order valence-corrected chi connectivity index (χ0v) is 18.8. The van der Waals surface area contributed by atoms with E-state index in [-0.39, 0.29) is 17.8 Å². The summed E-state index contributed by atoms with van der Waals surface area (Å²) in [4.78, 5) is 38.4. The molecule has 1 aromatic heterocycles. The molecular weight excluding hydrogens is 448 g/mol. The van der Waals surface area contributed by atoms with Crippen molar-refractivity contribution in [2.45, 2.75) is 6.04 Å². The maximum absolute atomic E-state index is 13.1. The van der Waals surface area contributed by atoms with Gasteiger partial charge < -0.3 is 21.3 Å². The van der Waals surface area contributed by atoms with Crippen molar-refractivity contribution in [3.05, 3.63) is 113 Å². The average molecular weight is 471 g/mol. The van der Waals surface area contributed by atoms with Crippen molar-refractivity contribution in [1.82, 2.24) is 5.32 Å². The van der Waals surface area contributed by atoms with Crippen molar-refractivity contribution in [2.24, 2.45) is 0 Å². The highest BCUT2D eigenvalue weighted by Gasteiger charge is 2.23. The fourth-order valence-corrected chi connectivity index (χ4v) is 3.85. The number of thiophene rings is 1. The molecule has 0 aliphatic rings. The van der Waals surface area contributed by atoms with Crippen LogP contribution in [0.15, 0.2) is 102 Å². The Morgan fingerprint density at radius 2 is 1.18 bits per heavy atom. The van der Waals surface area contributed by atoms with E-state index < -0.39 is 6.04 Å². The first-order valence-corrected chi connectivity index (χ1v) is 11.4. The number of benzene rings is 3. The maximum Gasteiger partial charge on any atom is 0.323 e. The fourth-order valence-electron chi connectivity index (χ4n) is 3.22. The summed E-state index contributed by atoms with van der Waals surface area (Å²) in [5, 5.41) is 12.9. The van der Waals surface area contributed by atoms with Crippen molar-refractivity contribution in [2.75, 3.05) is 16.0 Å². The lowest BCUT2D eigenvalue weighted by atomic mass is 10.1. The third-order valence-corrected chi connectivity index (χ3v) is 5.73. The van der Waals surface area contributed by atoms with Gasteiger partial charge in [-0.3, -0.25) is 9.59 Å². The largest absolute Gasteiger partial charge is 0.336 e.